The first-order valence-electron chi connectivity index (χ1n) is 8.03. The van der Waals surface area contributed by atoms with Gasteiger partial charge >= 0.3 is 0 Å². The normalized spacial score (nSPS) is 15.7. The molecule has 0 saturated carbocycles. The van der Waals surface area contributed by atoms with Crippen LogP contribution in [0.1, 0.15) is 23.5 Å². The van der Waals surface area contributed by atoms with Crippen LogP contribution in [-0.2, 0) is 4.79 Å². The SMILES string of the molecule is COc1cc2c(cc1OC)[C@H](c1cc(OC)c(O)c(OC)c1)CC(=O)N2. The number of ether oxygens (including phenoxy) is 4. The van der Waals surface area contributed by atoms with E-state index in [0.717, 1.165) is 11.1 Å². The minimum absolute atomic E-state index is 0.0773. The number of benzene rings is 2. The first-order chi connectivity index (χ1) is 12.5. The Morgan fingerprint density at radius 3 is 1.96 bits per heavy atom. The highest BCUT2D eigenvalue weighted by Gasteiger charge is 2.30. The molecular weight excluding hydrogens is 338 g/mol. The molecule has 26 heavy (non-hydrogen) atoms. The maximum atomic E-state index is 12.2. The molecule has 1 amide bonds. The third kappa shape index (κ3) is 2.96. The van der Waals surface area contributed by atoms with Crippen molar-refractivity contribution in [3.8, 4) is 28.7 Å². The second-order valence-electron chi connectivity index (χ2n) is 5.87. The predicted molar refractivity (Wildman–Crippen MR) is 95.8 cm³/mol. The van der Waals surface area contributed by atoms with Gasteiger partial charge in [0.2, 0.25) is 11.7 Å². The second-order valence-corrected chi connectivity index (χ2v) is 5.87. The summed E-state index contributed by atoms with van der Waals surface area (Å²) in [6.07, 6.45) is 0.250. The van der Waals surface area contributed by atoms with Gasteiger partial charge in [-0.1, -0.05) is 0 Å². The molecule has 1 atom stereocenters. The molecule has 1 heterocycles. The molecule has 0 spiro atoms. The molecule has 7 heteroatoms. The van der Waals surface area contributed by atoms with Gasteiger partial charge in [-0.2, -0.15) is 0 Å². The van der Waals surface area contributed by atoms with E-state index in [1.807, 2.05) is 6.07 Å². The number of methoxy groups -OCH3 is 4. The van der Waals surface area contributed by atoms with Gasteiger partial charge in [0.1, 0.15) is 0 Å². The molecule has 0 saturated heterocycles. The van der Waals surface area contributed by atoms with Gasteiger partial charge in [0.15, 0.2) is 23.0 Å². The molecule has 0 aromatic heterocycles. The number of amides is 1. The molecule has 1 aliphatic rings. The molecule has 7 nitrogen and oxygen atoms in total. The van der Waals surface area contributed by atoms with E-state index >= 15 is 0 Å². The molecule has 2 aromatic rings. The Labute approximate surface area is 151 Å². The summed E-state index contributed by atoms with van der Waals surface area (Å²) in [5, 5.41) is 13.0. The van der Waals surface area contributed by atoms with E-state index in [2.05, 4.69) is 5.32 Å². The van der Waals surface area contributed by atoms with Crippen LogP contribution in [0.2, 0.25) is 0 Å². The van der Waals surface area contributed by atoms with Crippen molar-refractivity contribution >= 4 is 11.6 Å². The lowest BCUT2D eigenvalue weighted by Gasteiger charge is -2.28. The summed E-state index contributed by atoms with van der Waals surface area (Å²) in [7, 11) is 6.04. The van der Waals surface area contributed by atoms with E-state index < -0.39 is 0 Å². The summed E-state index contributed by atoms with van der Waals surface area (Å²) >= 11 is 0. The fourth-order valence-corrected chi connectivity index (χ4v) is 3.20. The number of nitrogens with one attached hydrogen (secondary N) is 1. The number of hydrogen-bond acceptors (Lipinski definition) is 6. The summed E-state index contributed by atoms with van der Waals surface area (Å²) in [5.41, 5.74) is 2.34. The van der Waals surface area contributed by atoms with Gasteiger partial charge in [-0.05, 0) is 29.3 Å². The number of phenols is 1. The van der Waals surface area contributed by atoms with Crippen molar-refractivity contribution in [2.45, 2.75) is 12.3 Å². The first-order valence-corrected chi connectivity index (χ1v) is 8.03. The quantitative estimate of drug-likeness (QED) is 0.854. The average Bonchev–Trinajstić information content (AvgIpc) is 2.66. The fraction of sp³-hybridized carbons (Fsp3) is 0.316. The van der Waals surface area contributed by atoms with Crippen LogP contribution >= 0.6 is 0 Å². The van der Waals surface area contributed by atoms with E-state index in [-0.39, 0.29) is 35.5 Å². The van der Waals surface area contributed by atoms with Gasteiger partial charge in [0.05, 0.1) is 28.4 Å². The lowest BCUT2D eigenvalue weighted by Crippen LogP contribution is -2.23. The van der Waals surface area contributed by atoms with E-state index in [4.69, 9.17) is 18.9 Å². The van der Waals surface area contributed by atoms with Crippen LogP contribution in [0.5, 0.6) is 28.7 Å². The van der Waals surface area contributed by atoms with Crippen molar-refractivity contribution in [3.63, 3.8) is 0 Å². The third-order valence-corrected chi connectivity index (χ3v) is 4.50. The number of aromatic hydroxyl groups is 1. The van der Waals surface area contributed by atoms with Crippen LogP contribution in [-0.4, -0.2) is 39.5 Å². The average molecular weight is 359 g/mol. The molecule has 2 aromatic carbocycles. The highest BCUT2D eigenvalue weighted by Crippen LogP contribution is 2.46. The Morgan fingerprint density at radius 1 is 0.885 bits per heavy atom. The molecule has 1 aliphatic heterocycles. The predicted octanol–water partition coefficient (Wildman–Crippen LogP) is 2.90. The van der Waals surface area contributed by atoms with Gasteiger partial charge in [-0.25, -0.2) is 0 Å². The summed E-state index contributed by atoms with van der Waals surface area (Å²) in [6.45, 7) is 0. The Morgan fingerprint density at radius 2 is 1.42 bits per heavy atom. The van der Waals surface area contributed by atoms with Crippen LogP contribution in [0.3, 0.4) is 0 Å². The maximum Gasteiger partial charge on any atom is 0.225 e. The summed E-state index contributed by atoms with van der Waals surface area (Å²) in [4.78, 5) is 12.2. The minimum atomic E-state index is -0.248. The van der Waals surface area contributed by atoms with Crippen molar-refractivity contribution < 1.29 is 28.8 Å². The molecular formula is C19H21NO6. The zero-order valence-electron chi connectivity index (χ0n) is 15.1. The molecule has 0 radical (unpaired) electrons. The molecule has 3 rings (SSSR count). The Bertz CT molecular complexity index is 823. The molecule has 138 valence electrons. The Kier molecular flexibility index (Phi) is 4.79. The van der Waals surface area contributed by atoms with Crippen molar-refractivity contribution in [3.05, 3.63) is 35.4 Å². The van der Waals surface area contributed by atoms with Crippen LogP contribution in [0.4, 0.5) is 5.69 Å². The van der Waals surface area contributed by atoms with Gasteiger partial charge < -0.3 is 29.4 Å². The standard InChI is InChI=1S/C19H21NO6/c1-23-14-7-12-11(8-18(21)20-13(12)9-15(14)24-2)10-5-16(25-3)19(22)17(6-10)26-4/h5-7,9,11,22H,8H2,1-4H3,(H,20,21)/t11-/m0/s1. The Balaban J connectivity index is 2.17. The van der Waals surface area contributed by atoms with Crippen LogP contribution in [0, 0.1) is 0 Å². The molecule has 0 aliphatic carbocycles. The third-order valence-electron chi connectivity index (χ3n) is 4.50. The van der Waals surface area contributed by atoms with Crippen molar-refractivity contribution in [2.75, 3.05) is 33.8 Å². The number of hydrogen-bond donors (Lipinski definition) is 2. The summed E-state index contributed by atoms with van der Waals surface area (Å²) < 4.78 is 21.2. The number of carbonyl (C=O) groups excluding carboxylic acids is 1. The number of fused-ring (bicyclic) bond motifs is 1. The van der Waals surface area contributed by atoms with Crippen molar-refractivity contribution in [2.24, 2.45) is 0 Å². The fourth-order valence-electron chi connectivity index (χ4n) is 3.20. The van der Waals surface area contributed by atoms with E-state index in [9.17, 15) is 9.90 Å². The highest BCUT2D eigenvalue weighted by molar-refractivity contribution is 5.96. The second kappa shape index (κ2) is 7.03. The number of rotatable bonds is 5. The van der Waals surface area contributed by atoms with Crippen LogP contribution in [0.25, 0.3) is 0 Å². The minimum Gasteiger partial charge on any atom is -0.502 e. The molecule has 0 fully saturated rings. The topological polar surface area (TPSA) is 86.2 Å². The largest absolute Gasteiger partial charge is 0.502 e. The zero-order valence-corrected chi connectivity index (χ0v) is 15.1. The number of anilines is 1. The zero-order chi connectivity index (χ0) is 18.8. The van der Waals surface area contributed by atoms with Crippen molar-refractivity contribution in [1.29, 1.82) is 0 Å². The molecule has 2 N–H and O–H groups in total. The number of carbonyl (C=O) groups is 1. The summed E-state index contributed by atoms with van der Waals surface area (Å²) in [6, 6.07) is 7.01. The van der Waals surface area contributed by atoms with Gasteiger partial charge in [-0.15, -0.1) is 0 Å². The highest BCUT2D eigenvalue weighted by atomic mass is 16.5. The molecule has 0 unspecified atom stereocenters. The van der Waals surface area contributed by atoms with E-state index in [0.29, 0.717) is 17.2 Å². The van der Waals surface area contributed by atoms with Crippen molar-refractivity contribution in [1.82, 2.24) is 0 Å². The monoisotopic (exact) mass is 359 g/mol. The first kappa shape index (κ1) is 17.7. The van der Waals surface area contributed by atoms with E-state index in [1.54, 1.807) is 32.4 Å². The molecule has 0 bridgehead atoms. The van der Waals surface area contributed by atoms with Gasteiger partial charge in [0, 0.05) is 24.1 Å². The lowest BCUT2D eigenvalue weighted by atomic mass is 9.84. The maximum absolute atomic E-state index is 12.2. The smallest absolute Gasteiger partial charge is 0.225 e. The number of phenolic OH excluding ortho intramolecular Hbond substituents is 1. The van der Waals surface area contributed by atoms with Gasteiger partial charge in [0.25, 0.3) is 0 Å². The Hall–Kier alpha value is -3.09. The van der Waals surface area contributed by atoms with Crippen LogP contribution < -0.4 is 24.3 Å². The van der Waals surface area contributed by atoms with E-state index in [1.165, 1.54) is 14.2 Å². The summed E-state index contributed by atoms with van der Waals surface area (Å²) in [5.74, 6) is 1.24. The lowest BCUT2D eigenvalue weighted by molar-refractivity contribution is -0.116. The van der Waals surface area contributed by atoms with Gasteiger partial charge in [-0.3, -0.25) is 4.79 Å². The van der Waals surface area contributed by atoms with Crippen LogP contribution in [0.15, 0.2) is 24.3 Å².